The fourth-order valence-electron chi connectivity index (χ4n) is 1.23. The van der Waals surface area contributed by atoms with E-state index in [0.717, 1.165) is 7.11 Å². The van der Waals surface area contributed by atoms with E-state index in [4.69, 9.17) is 0 Å². The Labute approximate surface area is 98.8 Å². The van der Waals surface area contributed by atoms with Gasteiger partial charge in [0.05, 0.1) is 12.8 Å². The maximum atomic E-state index is 11.4. The van der Waals surface area contributed by atoms with Crippen LogP contribution in [0.1, 0.15) is 6.92 Å². The second-order valence-corrected chi connectivity index (χ2v) is 3.16. The zero-order valence-corrected chi connectivity index (χ0v) is 9.56. The number of nitrogens with one attached hydrogen (secondary N) is 1. The summed E-state index contributed by atoms with van der Waals surface area (Å²) in [6, 6.07) is 0. The maximum absolute atomic E-state index is 11.4. The number of aliphatic hydroxyl groups excluding tert-OH is 1. The summed E-state index contributed by atoms with van der Waals surface area (Å²) in [6.07, 6.45) is 8.46. The zero-order chi connectivity index (χ0) is 12.8. The molecule has 17 heavy (non-hydrogen) atoms. The van der Waals surface area contributed by atoms with Crippen LogP contribution in [0, 0.1) is 0 Å². The molecule has 0 spiro atoms. The molecule has 5 heteroatoms. The first-order valence-electron chi connectivity index (χ1n) is 4.94. The molecule has 1 aliphatic rings. The number of amides is 1. The zero-order valence-electron chi connectivity index (χ0n) is 9.56. The van der Waals surface area contributed by atoms with Gasteiger partial charge < -0.3 is 15.2 Å². The Morgan fingerprint density at radius 1 is 1.35 bits per heavy atom. The van der Waals surface area contributed by atoms with Crippen LogP contribution in [0.5, 0.6) is 0 Å². The average molecular weight is 235 g/mol. The Hall–Kier alpha value is -2.30. The molecule has 1 heterocycles. The van der Waals surface area contributed by atoms with Crippen molar-refractivity contribution in [3.05, 3.63) is 47.4 Å². The van der Waals surface area contributed by atoms with Crippen molar-refractivity contribution in [3.8, 4) is 0 Å². The molecule has 0 aromatic carbocycles. The highest BCUT2D eigenvalue weighted by Gasteiger charge is 2.32. The molecular formula is C12H13NO4. The first-order chi connectivity index (χ1) is 8.11. The van der Waals surface area contributed by atoms with Crippen molar-refractivity contribution in [2.24, 2.45) is 0 Å². The molecule has 0 saturated carbocycles. The lowest BCUT2D eigenvalue weighted by atomic mass is 10.2. The molecule has 0 aromatic rings. The molecule has 1 aliphatic heterocycles. The topological polar surface area (TPSA) is 75.6 Å². The van der Waals surface area contributed by atoms with Gasteiger partial charge in [-0.25, -0.2) is 4.79 Å². The normalized spacial score (nSPS) is 18.5. The minimum Gasteiger partial charge on any atom is -0.505 e. The van der Waals surface area contributed by atoms with E-state index in [1.54, 1.807) is 18.2 Å². The Bertz CT molecular complexity index is 455. The molecule has 0 unspecified atom stereocenters. The van der Waals surface area contributed by atoms with Gasteiger partial charge in [-0.3, -0.25) is 4.79 Å². The third-order valence-electron chi connectivity index (χ3n) is 2.03. The number of hydrogen-bond acceptors (Lipinski definition) is 4. The van der Waals surface area contributed by atoms with Gasteiger partial charge in [-0.2, -0.15) is 0 Å². The fourth-order valence-corrected chi connectivity index (χ4v) is 1.23. The van der Waals surface area contributed by atoms with Crippen LogP contribution in [0.4, 0.5) is 0 Å². The predicted octanol–water partition coefficient (Wildman–Crippen LogP) is 1.12. The number of rotatable bonds is 3. The van der Waals surface area contributed by atoms with Crippen molar-refractivity contribution in [2.75, 3.05) is 7.11 Å². The smallest absolute Gasteiger partial charge is 0.347 e. The van der Waals surface area contributed by atoms with Crippen molar-refractivity contribution in [2.45, 2.75) is 6.92 Å². The number of allylic oxidation sites excluding steroid dienone is 5. The SMILES string of the molecule is C/C=C/C=C/C=C1\NC(=O)C(C(=O)OC)=C1O. The molecule has 1 amide bonds. The molecule has 5 nitrogen and oxygen atoms in total. The Morgan fingerprint density at radius 3 is 2.65 bits per heavy atom. The number of aliphatic hydroxyl groups is 1. The number of esters is 1. The van der Waals surface area contributed by atoms with Gasteiger partial charge in [0.2, 0.25) is 0 Å². The number of methoxy groups -OCH3 is 1. The largest absolute Gasteiger partial charge is 0.505 e. The summed E-state index contributed by atoms with van der Waals surface area (Å²) in [4.78, 5) is 22.6. The summed E-state index contributed by atoms with van der Waals surface area (Å²) in [6.45, 7) is 1.86. The van der Waals surface area contributed by atoms with E-state index in [1.807, 2.05) is 13.0 Å². The van der Waals surface area contributed by atoms with Crippen molar-refractivity contribution in [3.63, 3.8) is 0 Å². The lowest BCUT2D eigenvalue weighted by Gasteiger charge is -1.95. The van der Waals surface area contributed by atoms with Gasteiger partial charge in [0, 0.05) is 0 Å². The van der Waals surface area contributed by atoms with Gasteiger partial charge in [0.25, 0.3) is 5.91 Å². The second kappa shape index (κ2) is 5.69. The van der Waals surface area contributed by atoms with Gasteiger partial charge in [0.15, 0.2) is 11.3 Å². The van der Waals surface area contributed by atoms with Crippen LogP contribution in [0.25, 0.3) is 0 Å². The highest BCUT2D eigenvalue weighted by molar-refractivity contribution is 6.19. The highest BCUT2D eigenvalue weighted by atomic mass is 16.5. The average Bonchev–Trinajstić information content (AvgIpc) is 2.59. The molecule has 2 N–H and O–H groups in total. The lowest BCUT2D eigenvalue weighted by Crippen LogP contribution is -2.20. The summed E-state index contributed by atoms with van der Waals surface area (Å²) in [5.74, 6) is -1.92. The molecule has 0 radical (unpaired) electrons. The quantitative estimate of drug-likeness (QED) is 0.436. The van der Waals surface area contributed by atoms with Crippen LogP contribution in [0.3, 0.4) is 0 Å². The number of ether oxygens (including phenoxy) is 1. The Morgan fingerprint density at radius 2 is 2.06 bits per heavy atom. The van der Waals surface area contributed by atoms with E-state index < -0.39 is 17.6 Å². The predicted molar refractivity (Wildman–Crippen MR) is 61.9 cm³/mol. The second-order valence-electron chi connectivity index (χ2n) is 3.16. The van der Waals surface area contributed by atoms with E-state index in [9.17, 15) is 14.7 Å². The van der Waals surface area contributed by atoms with Gasteiger partial charge in [-0.1, -0.05) is 24.3 Å². The van der Waals surface area contributed by atoms with Crippen molar-refractivity contribution in [1.29, 1.82) is 0 Å². The monoisotopic (exact) mass is 235 g/mol. The van der Waals surface area contributed by atoms with Crippen LogP contribution in [-0.4, -0.2) is 24.1 Å². The summed E-state index contributed by atoms with van der Waals surface area (Å²) in [7, 11) is 1.14. The third kappa shape index (κ3) is 2.84. The van der Waals surface area contributed by atoms with E-state index in [-0.39, 0.29) is 11.3 Å². The van der Waals surface area contributed by atoms with Crippen molar-refractivity contribution in [1.82, 2.24) is 5.32 Å². The minimum atomic E-state index is -0.860. The maximum Gasteiger partial charge on any atom is 0.347 e. The summed E-state index contributed by atoms with van der Waals surface area (Å²) >= 11 is 0. The Balaban J connectivity index is 2.97. The minimum absolute atomic E-state index is 0.177. The number of carbonyl (C=O) groups excluding carboxylic acids is 2. The summed E-state index contributed by atoms with van der Waals surface area (Å²) < 4.78 is 4.39. The van der Waals surface area contributed by atoms with Gasteiger partial charge in [-0.05, 0) is 13.0 Å². The molecule has 0 bridgehead atoms. The van der Waals surface area contributed by atoms with E-state index >= 15 is 0 Å². The molecule has 1 rings (SSSR count). The molecule has 0 aliphatic carbocycles. The first-order valence-corrected chi connectivity index (χ1v) is 4.94. The first kappa shape index (κ1) is 12.8. The van der Waals surface area contributed by atoms with Crippen molar-refractivity contribution < 1.29 is 19.4 Å². The number of hydrogen-bond donors (Lipinski definition) is 2. The highest BCUT2D eigenvalue weighted by Crippen LogP contribution is 2.19. The van der Waals surface area contributed by atoms with Gasteiger partial charge in [0.1, 0.15) is 0 Å². The van der Waals surface area contributed by atoms with E-state index in [0.29, 0.717) is 0 Å². The number of carbonyl (C=O) groups is 2. The van der Waals surface area contributed by atoms with Crippen LogP contribution >= 0.6 is 0 Å². The molecule has 0 fully saturated rings. The fraction of sp³-hybridized carbons (Fsp3) is 0.167. The lowest BCUT2D eigenvalue weighted by molar-refractivity contribution is -0.137. The molecule has 0 saturated heterocycles. The Kier molecular flexibility index (Phi) is 4.28. The van der Waals surface area contributed by atoms with Gasteiger partial charge in [-0.15, -0.1) is 0 Å². The summed E-state index contributed by atoms with van der Waals surface area (Å²) in [5.41, 5.74) is -0.200. The molecule has 0 aromatic heterocycles. The van der Waals surface area contributed by atoms with E-state index in [2.05, 4.69) is 10.1 Å². The molecule has 0 atom stereocenters. The van der Waals surface area contributed by atoms with E-state index in [1.165, 1.54) is 6.08 Å². The molecule has 90 valence electrons. The molecular weight excluding hydrogens is 222 g/mol. The standard InChI is InChI=1S/C12H13NO4/c1-3-4-5-6-7-8-10(14)9(11(15)13-8)12(16)17-2/h3-7,14H,1-2H3,(H,13,15)/b4-3+,6-5+,8-7-. The van der Waals surface area contributed by atoms with Gasteiger partial charge >= 0.3 is 5.97 Å². The van der Waals surface area contributed by atoms with Crippen LogP contribution in [0.2, 0.25) is 0 Å². The van der Waals surface area contributed by atoms with Crippen molar-refractivity contribution >= 4 is 11.9 Å². The van der Waals surface area contributed by atoms with Crippen LogP contribution < -0.4 is 5.32 Å². The van der Waals surface area contributed by atoms with Crippen LogP contribution in [0.15, 0.2) is 47.4 Å². The van der Waals surface area contributed by atoms with Crippen LogP contribution in [-0.2, 0) is 14.3 Å². The third-order valence-corrected chi connectivity index (χ3v) is 2.03. The summed E-state index contributed by atoms with van der Waals surface area (Å²) in [5, 5.41) is 12.0.